The summed E-state index contributed by atoms with van der Waals surface area (Å²) in [6.45, 7) is 5.94. The van der Waals surface area contributed by atoms with Crippen molar-refractivity contribution in [2.75, 3.05) is 33.2 Å². The van der Waals surface area contributed by atoms with Crippen LogP contribution in [-0.4, -0.2) is 66.2 Å². The second-order valence-corrected chi connectivity index (χ2v) is 5.37. The van der Waals surface area contributed by atoms with Gasteiger partial charge in [0.1, 0.15) is 6.54 Å². The summed E-state index contributed by atoms with van der Waals surface area (Å²) < 4.78 is 0. The number of likely N-dealkylation sites (N-methyl/N-ethyl adjacent to an activating group) is 1. The Morgan fingerprint density at radius 2 is 2.17 bits per heavy atom. The zero-order valence-electron chi connectivity index (χ0n) is 11.3. The lowest BCUT2D eigenvalue weighted by molar-refractivity contribution is -0.137. The molecule has 1 aliphatic heterocycles. The van der Waals surface area contributed by atoms with Crippen LogP contribution in [-0.2, 0) is 4.79 Å². The predicted octanol–water partition coefficient (Wildman–Crippen LogP) is 0.443. The lowest BCUT2D eigenvalue weighted by atomic mass is 10.2. The predicted molar refractivity (Wildman–Crippen MR) is 68.5 cm³/mol. The molecule has 1 fully saturated rings. The lowest BCUT2D eigenvalue weighted by Gasteiger charge is -2.25. The minimum absolute atomic E-state index is 0.131. The van der Waals surface area contributed by atoms with E-state index < -0.39 is 5.97 Å². The first-order valence-corrected chi connectivity index (χ1v) is 6.34. The first-order chi connectivity index (χ1) is 8.38. The molecule has 2 amide bonds. The van der Waals surface area contributed by atoms with Crippen molar-refractivity contribution in [3.63, 3.8) is 0 Å². The molecule has 6 heteroatoms. The van der Waals surface area contributed by atoms with Gasteiger partial charge in [-0.25, -0.2) is 4.79 Å². The summed E-state index contributed by atoms with van der Waals surface area (Å²) >= 11 is 0. The summed E-state index contributed by atoms with van der Waals surface area (Å²) in [4.78, 5) is 26.3. The van der Waals surface area contributed by atoms with E-state index in [2.05, 4.69) is 10.2 Å². The molecule has 1 aliphatic rings. The summed E-state index contributed by atoms with van der Waals surface area (Å²) in [6.07, 6.45) is 0.921. The van der Waals surface area contributed by atoms with Crippen LogP contribution in [0.1, 0.15) is 20.3 Å². The summed E-state index contributed by atoms with van der Waals surface area (Å²) in [5, 5.41) is 11.7. The number of nitrogens with zero attached hydrogens (tertiary/aromatic N) is 2. The molecule has 1 unspecified atom stereocenters. The van der Waals surface area contributed by atoms with Gasteiger partial charge in [-0.3, -0.25) is 4.79 Å². The number of carboxylic acids is 1. The van der Waals surface area contributed by atoms with Crippen molar-refractivity contribution >= 4 is 12.0 Å². The van der Waals surface area contributed by atoms with Crippen LogP contribution in [0.25, 0.3) is 0 Å². The summed E-state index contributed by atoms with van der Waals surface area (Å²) in [7, 11) is 2.01. The van der Waals surface area contributed by atoms with Gasteiger partial charge in [-0.15, -0.1) is 0 Å². The molecule has 104 valence electrons. The van der Waals surface area contributed by atoms with Crippen LogP contribution in [0.2, 0.25) is 0 Å². The van der Waals surface area contributed by atoms with Gasteiger partial charge in [-0.05, 0) is 25.9 Å². The smallest absolute Gasteiger partial charge is 0.323 e. The van der Waals surface area contributed by atoms with E-state index in [1.807, 2.05) is 20.9 Å². The number of likely N-dealkylation sites (tertiary alicyclic amines) is 1. The Hall–Kier alpha value is -1.30. The molecular formula is C12H23N3O3. The summed E-state index contributed by atoms with van der Waals surface area (Å²) in [5.41, 5.74) is 0. The monoisotopic (exact) mass is 257 g/mol. The normalized spacial score (nSPS) is 20.1. The highest BCUT2D eigenvalue weighted by atomic mass is 16.4. The van der Waals surface area contributed by atoms with Gasteiger partial charge in [0, 0.05) is 19.1 Å². The molecule has 1 saturated heterocycles. The number of rotatable bonds is 5. The van der Waals surface area contributed by atoms with Gasteiger partial charge in [-0.2, -0.15) is 0 Å². The van der Waals surface area contributed by atoms with Crippen LogP contribution in [0.15, 0.2) is 0 Å². The molecule has 0 bridgehead atoms. The fraction of sp³-hybridized carbons (Fsp3) is 0.833. The molecular weight excluding hydrogens is 234 g/mol. The fourth-order valence-electron chi connectivity index (χ4n) is 2.14. The van der Waals surface area contributed by atoms with Gasteiger partial charge < -0.3 is 20.2 Å². The Morgan fingerprint density at radius 3 is 2.61 bits per heavy atom. The standard InChI is InChI=1S/C12H23N3O3/c1-9(2)6-15(8-11(16)17)12(18)13-10-4-5-14(3)7-10/h9-10H,4-8H2,1-3H3,(H,13,18)(H,16,17). The number of carbonyl (C=O) groups excluding carboxylic acids is 1. The van der Waals surface area contributed by atoms with Crippen LogP contribution in [0, 0.1) is 5.92 Å². The lowest BCUT2D eigenvalue weighted by Crippen LogP contribution is -2.48. The maximum Gasteiger partial charge on any atom is 0.323 e. The molecule has 1 atom stereocenters. The van der Waals surface area contributed by atoms with Crippen LogP contribution < -0.4 is 5.32 Å². The van der Waals surface area contributed by atoms with E-state index in [1.165, 1.54) is 4.90 Å². The number of amides is 2. The number of carbonyl (C=O) groups is 2. The molecule has 1 heterocycles. The van der Waals surface area contributed by atoms with Crippen molar-refractivity contribution in [1.29, 1.82) is 0 Å². The van der Waals surface area contributed by atoms with Gasteiger partial charge in [0.2, 0.25) is 0 Å². The zero-order chi connectivity index (χ0) is 13.7. The molecule has 0 aliphatic carbocycles. The van der Waals surface area contributed by atoms with Crippen molar-refractivity contribution in [2.24, 2.45) is 5.92 Å². The van der Waals surface area contributed by atoms with E-state index in [0.717, 1.165) is 19.5 Å². The first-order valence-electron chi connectivity index (χ1n) is 6.34. The highest BCUT2D eigenvalue weighted by Gasteiger charge is 2.24. The van der Waals surface area contributed by atoms with Crippen molar-refractivity contribution in [3.05, 3.63) is 0 Å². The third-order valence-corrected chi connectivity index (χ3v) is 2.92. The van der Waals surface area contributed by atoms with Gasteiger partial charge in [0.25, 0.3) is 0 Å². The van der Waals surface area contributed by atoms with Gasteiger partial charge in [0.15, 0.2) is 0 Å². The Morgan fingerprint density at radius 1 is 1.50 bits per heavy atom. The quantitative estimate of drug-likeness (QED) is 0.749. The second kappa shape index (κ2) is 6.58. The van der Waals surface area contributed by atoms with Crippen molar-refractivity contribution in [3.8, 4) is 0 Å². The van der Waals surface area contributed by atoms with Crippen molar-refractivity contribution in [2.45, 2.75) is 26.3 Å². The number of hydrogen-bond donors (Lipinski definition) is 2. The average Bonchev–Trinajstić information content (AvgIpc) is 2.61. The average molecular weight is 257 g/mol. The number of carboxylic acid groups (broad SMARTS) is 1. The Bertz CT molecular complexity index is 307. The molecule has 1 rings (SSSR count). The largest absolute Gasteiger partial charge is 0.480 e. The fourth-order valence-corrected chi connectivity index (χ4v) is 2.14. The third kappa shape index (κ3) is 4.91. The molecule has 6 nitrogen and oxygen atoms in total. The van der Waals surface area contributed by atoms with Crippen LogP contribution in [0.3, 0.4) is 0 Å². The Labute approximate surface area is 108 Å². The summed E-state index contributed by atoms with van der Waals surface area (Å²) in [6, 6.07) is -0.141. The van der Waals surface area contributed by atoms with Gasteiger partial charge in [-0.1, -0.05) is 13.8 Å². The minimum Gasteiger partial charge on any atom is -0.480 e. The minimum atomic E-state index is -0.977. The molecule has 0 aromatic heterocycles. The number of urea groups is 1. The number of aliphatic carboxylic acids is 1. The van der Waals surface area contributed by atoms with E-state index in [9.17, 15) is 9.59 Å². The topological polar surface area (TPSA) is 72.9 Å². The first kappa shape index (κ1) is 14.8. The molecule has 18 heavy (non-hydrogen) atoms. The third-order valence-electron chi connectivity index (χ3n) is 2.92. The maximum absolute atomic E-state index is 12.0. The second-order valence-electron chi connectivity index (χ2n) is 5.37. The number of hydrogen-bond acceptors (Lipinski definition) is 3. The van der Waals surface area contributed by atoms with Gasteiger partial charge in [0.05, 0.1) is 0 Å². The Kier molecular flexibility index (Phi) is 5.40. The van der Waals surface area contributed by atoms with Crippen LogP contribution in [0.4, 0.5) is 4.79 Å². The van der Waals surface area contributed by atoms with Crippen molar-refractivity contribution < 1.29 is 14.7 Å². The highest BCUT2D eigenvalue weighted by molar-refractivity contribution is 5.80. The summed E-state index contributed by atoms with van der Waals surface area (Å²) in [5.74, 6) is -0.726. The number of nitrogens with one attached hydrogen (secondary N) is 1. The molecule has 0 spiro atoms. The molecule has 0 aromatic rings. The SMILES string of the molecule is CC(C)CN(CC(=O)O)C(=O)NC1CCN(C)C1. The van der Waals surface area contributed by atoms with E-state index in [1.54, 1.807) is 0 Å². The van der Waals surface area contributed by atoms with Gasteiger partial charge >= 0.3 is 12.0 Å². The van der Waals surface area contributed by atoms with E-state index in [0.29, 0.717) is 6.54 Å². The maximum atomic E-state index is 12.0. The zero-order valence-corrected chi connectivity index (χ0v) is 11.3. The molecule has 2 N–H and O–H groups in total. The van der Waals surface area contributed by atoms with E-state index >= 15 is 0 Å². The molecule has 0 saturated carbocycles. The highest BCUT2D eigenvalue weighted by Crippen LogP contribution is 2.07. The van der Waals surface area contributed by atoms with Crippen LogP contribution in [0.5, 0.6) is 0 Å². The van der Waals surface area contributed by atoms with E-state index in [4.69, 9.17) is 5.11 Å². The Balaban J connectivity index is 2.50. The molecule has 0 aromatic carbocycles. The van der Waals surface area contributed by atoms with E-state index in [-0.39, 0.29) is 24.5 Å². The molecule has 0 radical (unpaired) electrons. The van der Waals surface area contributed by atoms with Crippen molar-refractivity contribution in [1.82, 2.24) is 15.1 Å². The van der Waals surface area contributed by atoms with Crippen LogP contribution >= 0.6 is 0 Å².